The Morgan fingerprint density at radius 3 is 2.37 bits per heavy atom. The molecule has 2 atom stereocenters. The van der Waals surface area contributed by atoms with Crippen LogP contribution in [0.15, 0.2) is 0 Å². The Labute approximate surface area is 111 Å². The summed E-state index contributed by atoms with van der Waals surface area (Å²) in [5, 5.41) is -1.46. The molecule has 19 heavy (non-hydrogen) atoms. The fourth-order valence-corrected chi connectivity index (χ4v) is 3.74. The monoisotopic (exact) mass is 298 g/mol. The van der Waals surface area contributed by atoms with Gasteiger partial charge in [-0.3, -0.25) is 0 Å². The van der Waals surface area contributed by atoms with Gasteiger partial charge in [-0.25, -0.2) is 12.7 Å². The summed E-state index contributed by atoms with van der Waals surface area (Å²) in [7, 11) is -1.46. The van der Waals surface area contributed by atoms with Gasteiger partial charge in [0.25, 0.3) is 0 Å². The van der Waals surface area contributed by atoms with Crippen LogP contribution in [0.4, 0.5) is 13.2 Å². The Bertz CT molecular complexity index is 454. The van der Waals surface area contributed by atoms with Crippen molar-refractivity contribution in [1.29, 1.82) is 0 Å². The molecule has 0 N–H and O–H groups in total. The first-order valence-electron chi connectivity index (χ1n) is 5.74. The van der Waals surface area contributed by atoms with E-state index in [1.807, 2.05) is 0 Å². The Hall–Kier alpha value is -0.780. The molecule has 0 saturated carbocycles. The number of hydrogen-bond donors (Lipinski definition) is 0. The molecule has 8 heteroatoms. The molecular weight excluding hydrogens is 281 g/mol. The van der Waals surface area contributed by atoms with E-state index >= 15 is 0 Å². The molecule has 1 aliphatic heterocycles. The third-order valence-corrected chi connectivity index (χ3v) is 5.49. The Kier molecular flexibility index (Phi) is 4.87. The molecule has 0 aliphatic carbocycles. The van der Waals surface area contributed by atoms with E-state index in [1.165, 1.54) is 19.0 Å². The van der Waals surface area contributed by atoms with Gasteiger partial charge < -0.3 is 4.90 Å². The average molecular weight is 298 g/mol. The molecule has 0 amide bonds. The van der Waals surface area contributed by atoms with E-state index in [4.69, 9.17) is 6.42 Å². The third kappa shape index (κ3) is 3.61. The van der Waals surface area contributed by atoms with Gasteiger partial charge in [0.2, 0.25) is 10.0 Å². The van der Waals surface area contributed by atoms with E-state index in [2.05, 4.69) is 5.92 Å². The lowest BCUT2D eigenvalue weighted by molar-refractivity contribution is -0.169. The molecule has 0 bridgehead atoms. The highest BCUT2D eigenvalue weighted by molar-refractivity contribution is 7.89. The molecule has 0 aromatic rings. The van der Waals surface area contributed by atoms with Crippen LogP contribution in [0.2, 0.25) is 0 Å². The fourth-order valence-electron chi connectivity index (χ4n) is 2.14. The molecular formula is C11H17F3N2O2S. The maximum atomic E-state index is 13.0. The van der Waals surface area contributed by atoms with Crippen LogP contribution in [0, 0.1) is 18.3 Å². The standard InChI is InChI=1S/C11H17F3N2O2S/c1-4-5-6-16-7-9(11(12,13)14)10(8-16)19(17,18)15(2)3/h1,9-10H,5-8H2,2-3H3/t9-,10-/m1/s1. The minimum atomic E-state index is -4.53. The van der Waals surface area contributed by atoms with E-state index in [0.717, 1.165) is 4.31 Å². The molecule has 1 aliphatic rings. The first-order valence-corrected chi connectivity index (χ1v) is 7.25. The summed E-state index contributed by atoms with van der Waals surface area (Å²) in [6.07, 6.45) is 0.846. The summed E-state index contributed by atoms with van der Waals surface area (Å²) >= 11 is 0. The Balaban J connectivity index is 2.97. The number of rotatable bonds is 4. The van der Waals surface area contributed by atoms with E-state index < -0.39 is 27.4 Å². The number of alkyl halides is 3. The summed E-state index contributed by atoms with van der Waals surface area (Å²) in [5.41, 5.74) is 0. The van der Waals surface area contributed by atoms with E-state index in [-0.39, 0.29) is 19.6 Å². The molecule has 1 heterocycles. The highest BCUT2D eigenvalue weighted by atomic mass is 32.2. The number of halogens is 3. The lowest BCUT2D eigenvalue weighted by Crippen LogP contribution is -2.43. The van der Waals surface area contributed by atoms with Gasteiger partial charge in [0, 0.05) is 40.2 Å². The lowest BCUT2D eigenvalue weighted by atomic mass is 10.1. The summed E-state index contributed by atoms with van der Waals surface area (Å²) in [5.74, 6) is 0.478. The van der Waals surface area contributed by atoms with Gasteiger partial charge in [0.15, 0.2) is 0 Å². The first-order chi connectivity index (χ1) is 8.60. The lowest BCUT2D eigenvalue weighted by Gasteiger charge is -2.24. The van der Waals surface area contributed by atoms with Crippen molar-refractivity contribution in [2.24, 2.45) is 5.92 Å². The predicted octanol–water partition coefficient (Wildman–Crippen LogP) is 0.764. The molecule has 1 saturated heterocycles. The van der Waals surface area contributed by atoms with Crippen molar-refractivity contribution in [1.82, 2.24) is 9.21 Å². The van der Waals surface area contributed by atoms with Gasteiger partial charge in [-0.15, -0.1) is 12.3 Å². The summed E-state index contributed by atoms with van der Waals surface area (Å²) in [6, 6.07) is 0. The van der Waals surface area contributed by atoms with Gasteiger partial charge in [0.1, 0.15) is 5.25 Å². The number of likely N-dealkylation sites (tertiary alicyclic amines) is 1. The average Bonchev–Trinajstić information content (AvgIpc) is 2.70. The maximum Gasteiger partial charge on any atom is 0.394 e. The van der Waals surface area contributed by atoms with Crippen molar-refractivity contribution in [3.8, 4) is 12.3 Å². The van der Waals surface area contributed by atoms with Gasteiger partial charge >= 0.3 is 6.18 Å². The van der Waals surface area contributed by atoms with E-state index in [9.17, 15) is 21.6 Å². The van der Waals surface area contributed by atoms with Crippen molar-refractivity contribution >= 4 is 10.0 Å². The van der Waals surface area contributed by atoms with Gasteiger partial charge in [0.05, 0.1) is 5.92 Å². The third-order valence-electron chi connectivity index (χ3n) is 3.23. The number of nitrogens with zero attached hydrogens (tertiary/aromatic N) is 2. The van der Waals surface area contributed by atoms with Gasteiger partial charge in [-0.05, 0) is 0 Å². The van der Waals surface area contributed by atoms with Crippen molar-refractivity contribution in [2.75, 3.05) is 33.7 Å². The molecule has 4 nitrogen and oxygen atoms in total. The highest BCUT2D eigenvalue weighted by Gasteiger charge is 2.54. The molecule has 0 radical (unpaired) electrons. The Morgan fingerprint density at radius 2 is 1.95 bits per heavy atom. The van der Waals surface area contributed by atoms with Crippen LogP contribution in [-0.2, 0) is 10.0 Å². The zero-order chi connectivity index (χ0) is 14.8. The van der Waals surface area contributed by atoms with Gasteiger partial charge in [-0.2, -0.15) is 13.2 Å². The van der Waals surface area contributed by atoms with E-state index in [0.29, 0.717) is 6.42 Å². The number of terminal acetylenes is 1. The zero-order valence-electron chi connectivity index (χ0n) is 10.8. The second kappa shape index (κ2) is 5.69. The number of sulfonamides is 1. The second-order valence-corrected chi connectivity index (χ2v) is 7.09. The minimum absolute atomic E-state index is 0.133. The van der Waals surface area contributed by atoms with Gasteiger partial charge in [-0.1, -0.05) is 0 Å². The van der Waals surface area contributed by atoms with Crippen molar-refractivity contribution < 1.29 is 21.6 Å². The molecule has 0 spiro atoms. The van der Waals surface area contributed by atoms with Crippen LogP contribution in [0.1, 0.15) is 6.42 Å². The first kappa shape index (κ1) is 16.3. The van der Waals surface area contributed by atoms with Crippen molar-refractivity contribution in [3.05, 3.63) is 0 Å². The molecule has 0 aromatic carbocycles. The zero-order valence-corrected chi connectivity index (χ0v) is 11.6. The summed E-state index contributed by atoms with van der Waals surface area (Å²) in [6.45, 7) is -0.169. The smallest absolute Gasteiger partial charge is 0.300 e. The summed E-state index contributed by atoms with van der Waals surface area (Å²) < 4.78 is 63.6. The largest absolute Gasteiger partial charge is 0.394 e. The number of hydrogen-bond acceptors (Lipinski definition) is 3. The molecule has 1 fully saturated rings. The second-order valence-electron chi connectivity index (χ2n) is 4.73. The Morgan fingerprint density at radius 1 is 1.37 bits per heavy atom. The van der Waals surface area contributed by atoms with Crippen molar-refractivity contribution in [2.45, 2.75) is 17.8 Å². The SMILES string of the molecule is C#CCCN1C[C@@H](C(F)(F)F)[C@H](S(=O)(=O)N(C)C)C1. The van der Waals surface area contributed by atoms with E-state index in [1.54, 1.807) is 0 Å². The molecule has 1 rings (SSSR count). The van der Waals surface area contributed by atoms with Crippen LogP contribution in [0.25, 0.3) is 0 Å². The molecule has 0 aromatic heterocycles. The van der Waals surface area contributed by atoms with Crippen molar-refractivity contribution in [3.63, 3.8) is 0 Å². The van der Waals surface area contributed by atoms with Crippen LogP contribution >= 0.6 is 0 Å². The van der Waals surface area contributed by atoms with Crippen LogP contribution in [-0.4, -0.2) is 62.8 Å². The summed E-state index contributed by atoms with van der Waals surface area (Å²) in [4.78, 5) is 1.46. The predicted molar refractivity (Wildman–Crippen MR) is 65.8 cm³/mol. The van der Waals surface area contributed by atoms with Crippen LogP contribution in [0.3, 0.4) is 0 Å². The van der Waals surface area contributed by atoms with Crippen LogP contribution in [0.5, 0.6) is 0 Å². The quantitative estimate of drug-likeness (QED) is 0.720. The minimum Gasteiger partial charge on any atom is -0.300 e. The van der Waals surface area contributed by atoms with Crippen LogP contribution < -0.4 is 0 Å². The highest BCUT2D eigenvalue weighted by Crippen LogP contribution is 2.37. The fraction of sp³-hybridized carbons (Fsp3) is 0.818. The normalized spacial score (nSPS) is 25.7. The molecule has 0 unspecified atom stereocenters. The molecule has 110 valence electrons. The topological polar surface area (TPSA) is 40.6 Å². The maximum absolute atomic E-state index is 13.0.